The minimum atomic E-state index is -2.17. The molecule has 8 nitrogen and oxygen atoms in total. The predicted molar refractivity (Wildman–Crippen MR) is 178 cm³/mol. The number of fused-ring (bicyclic) bond motifs is 4. The van der Waals surface area contributed by atoms with E-state index in [1.54, 1.807) is 42.5 Å². The van der Waals surface area contributed by atoms with Crippen LogP contribution in [0.3, 0.4) is 0 Å². The van der Waals surface area contributed by atoms with Gasteiger partial charge in [-0.2, -0.15) is 0 Å². The number of hydrogen-bond donors (Lipinski definition) is 1. The third-order valence-electron chi connectivity index (χ3n) is 10.3. The molecule has 2 heterocycles. The second-order valence-electron chi connectivity index (χ2n) is 12.7. The summed E-state index contributed by atoms with van der Waals surface area (Å²) in [6.45, 7) is 5.17. The van der Waals surface area contributed by atoms with Crippen LogP contribution in [0.5, 0.6) is 5.75 Å². The summed E-state index contributed by atoms with van der Waals surface area (Å²) < 4.78 is 13.9. The largest absolute Gasteiger partial charge is 0.507 e. The van der Waals surface area contributed by atoms with Gasteiger partial charge in [-0.15, -0.1) is 29.8 Å². The number of imide groups is 2. The van der Waals surface area contributed by atoms with Crippen LogP contribution in [0.25, 0.3) is 0 Å². The van der Waals surface area contributed by atoms with Gasteiger partial charge in [-0.1, -0.05) is 35.9 Å². The molecule has 0 bridgehead atoms. The minimum absolute atomic E-state index is 0.0614. The van der Waals surface area contributed by atoms with Crippen LogP contribution in [0.15, 0.2) is 91.0 Å². The van der Waals surface area contributed by atoms with E-state index in [9.17, 15) is 33.5 Å². The Hall–Kier alpha value is -4.60. The Bertz CT molecular complexity index is 1980. The summed E-state index contributed by atoms with van der Waals surface area (Å²) in [6.07, 6.45) is 3.56. The van der Waals surface area contributed by atoms with Crippen molar-refractivity contribution in [1.82, 2.24) is 0 Å². The smallest absolute Gasteiger partial charge is 0.258 e. The number of nitrogens with zero attached hydrogens (tertiary/aromatic N) is 2. The highest BCUT2D eigenvalue weighted by atomic mass is 35.5. The zero-order chi connectivity index (χ0) is 34.3. The first-order valence-corrected chi connectivity index (χ1v) is 16.2. The van der Waals surface area contributed by atoms with Crippen molar-refractivity contribution in [2.75, 3.05) is 9.80 Å². The van der Waals surface area contributed by atoms with Crippen molar-refractivity contribution >= 4 is 64.0 Å². The van der Waals surface area contributed by atoms with Crippen molar-refractivity contribution in [1.29, 1.82) is 0 Å². The Morgan fingerprint density at radius 2 is 1.58 bits per heavy atom. The molecule has 1 saturated carbocycles. The molecular weight excluding hydrogens is 658 g/mol. The number of aromatic hydroxyl groups is 1. The van der Waals surface area contributed by atoms with Crippen molar-refractivity contribution < 1.29 is 33.5 Å². The Labute approximate surface area is 285 Å². The van der Waals surface area contributed by atoms with E-state index in [2.05, 4.69) is 6.58 Å². The normalized spacial score (nSPS) is 29.4. The van der Waals surface area contributed by atoms with Gasteiger partial charge in [-0.25, -0.2) is 9.29 Å². The molecule has 3 aromatic carbocycles. The number of carbonyl (C=O) groups is 5. The number of rotatable bonds is 6. The van der Waals surface area contributed by atoms with E-state index < -0.39 is 62.9 Å². The van der Waals surface area contributed by atoms with Crippen LogP contribution in [0, 0.1) is 23.6 Å². The van der Waals surface area contributed by atoms with Gasteiger partial charge in [-0.05, 0) is 86.2 Å². The summed E-state index contributed by atoms with van der Waals surface area (Å²) in [6, 6.07) is 15.9. The molecule has 3 fully saturated rings. The molecule has 7 rings (SSSR count). The number of carbonyl (C=O) groups excluding carboxylic acids is 5. The number of amides is 4. The molecule has 4 amide bonds. The number of phenolic OH excluding ortho intramolecular Hbond substituents is 1. The highest BCUT2D eigenvalue weighted by molar-refractivity contribution is 6.58. The van der Waals surface area contributed by atoms with E-state index in [1.807, 2.05) is 0 Å². The molecule has 11 heteroatoms. The summed E-state index contributed by atoms with van der Waals surface area (Å²) >= 11 is 14.8. The molecule has 6 atom stereocenters. The van der Waals surface area contributed by atoms with Crippen molar-refractivity contribution in [3.8, 4) is 5.75 Å². The van der Waals surface area contributed by atoms with Crippen LogP contribution >= 0.6 is 23.2 Å². The van der Waals surface area contributed by atoms with Crippen molar-refractivity contribution in [3.63, 3.8) is 0 Å². The lowest BCUT2D eigenvalue weighted by Crippen LogP contribution is -2.60. The van der Waals surface area contributed by atoms with Gasteiger partial charge in [0.05, 0.1) is 23.2 Å². The van der Waals surface area contributed by atoms with Crippen molar-refractivity contribution in [2.24, 2.45) is 17.8 Å². The zero-order valence-corrected chi connectivity index (χ0v) is 27.2. The van der Waals surface area contributed by atoms with Crippen LogP contribution < -0.4 is 9.80 Å². The molecule has 2 saturated heterocycles. The molecule has 0 unspecified atom stereocenters. The molecule has 0 radical (unpaired) electrons. The minimum Gasteiger partial charge on any atom is -0.507 e. The lowest BCUT2D eigenvalue weighted by atomic mass is 9.56. The first-order valence-electron chi connectivity index (χ1n) is 15.5. The molecule has 1 N–H and O–H groups in total. The summed E-state index contributed by atoms with van der Waals surface area (Å²) in [5.74, 6) is -7.29. The third kappa shape index (κ3) is 4.30. The average molecular weight is 688 g/mol. The fourth-order valence-corrected chi connectivity index (χ4v) is 8.94. The highest BCUT2D eigenvalue weighted by Gasteiger charge is 2.77. The van der Waals surface area contributed by atoms with Crippen LogP contribution in [-0.2, 0) is 25.6 Å². The number of Topliss-reactive ketones (excluding diaryl/α,β-unsaturated/α-hetero) is 1. The van der Waals surface area contributed by atoms with Crippen LogP contribution in [0.2, 0.25) is 0 Å². The lowest BCUT2D eigenvalue weighted by molar-refractivity contribution is -0.125. The van der Waals surface area contributed by atoms with Crippen LogP contribution in [-0.4, -0.2) is 44.3 Å². The quantitative estimate of drug-likeness (QED) is 0.142. The Kier molecular flexibility index (Phi) is 7.49. The van der Waals surface area contributed by atoms with Crippen LogP contribution in [0.1, 0.15) is 47.2 Å². The lowest BCUT2D eigenvalue weighted by Gasteiger charge is -2.50. The zero-order valence-electron chi connectivity index (χ0n) is 25.7. The summed E-state index contributed by atoms with van der Waals surface area (Å²) in [5.41, 5.74) is 2.04. The fraction of sp³-hybridized carbons (Fsp3) is 0.270. The van der Waals surface area contributed by atoms with Crippen LogP contribution in [0.4, 0.5) is 15.8 Å². The first-order chi connectivity index (χ1) is 22.8. The number of hydrogen-bond acceptors (Lipinski definition) is 6. The number of para-hydroxylation sites is 1. The summed E-state index contributed by atoms with van der Waals surface area (Å²) in [5, 5.41) is 11.6. The van der Waals surface area contributed by atoms with Crippen molar-refractivity contribution in [3.05, 3.63) is 114 Å². The van der Waals surface area contributed by atoms with Crippen molar-refractivity contribution in [2.45, 2.75) is 41.9 Å². The first kappa shape index (κ1) is 32.0. The number of halogens is 3. The summed E-state index contributed by atoms with van der Waals surface area (Å²) in [4.78, 5) is 66.5. The second-order valence-corrected chi connectivity index (χ2v) is 14.0. The average Bonchev–Trinajstić information content (AvgIpc) is 3.40. The Morgan fingerprint density at radius 1 is 0.938 bits per heavy atom. The number of benzene rings is 3. The molecule has 4 aliphatic rings. The SMILES string of the molecule is C=CCc1cccc([C@H]2C3=CC[C@@H]4C(=O)N(c5ccc(C(C)=O)cc5)C(=O)[C@@H]4[C@@H]3C[C@@]3(Cl)C(=O)N(c4ccc(F)cc4)C(=O)[C@@]23Cl)c1O. The maximum atomic E-state index is 14.5. The van der Waals surface area contributed by atoms with E-state index in [0.717, 1.165) is 21.9 Å². The number of alkyl halides is 2. The highest BCUT2D eigenvalue weighted by Crippen LogP contribution is 2.66. The molecule has 3 aromatic rings. The predicted octanol–water partition coefficient (Wildman–Crippen LogP) is 6.23. The van der Waals surface area contributed by atoms with E-state index in [4.69, 9.17) is 23.2 Å². The molecule has 48 heavy (non-hydrogen) atoms. The molecular formula is C37H29Cl2FN2O6. The number of allylic oxidation sites excluding steroid dienone is 3. The number of anilines is 2. The fourth-order valence-electron chi connectivity index (χ4n) is 8.01. The molecule has 0 spiro atoms. The maximum Gasteiger partial charge on any atom is 0.258 e. The molecule has 0 aromatic heterocycles. The third-order valence-corrected chi connectivity index (χ3v) is 11.7. The Balaban J connectivity index is 1.39. The van der Waals surface area contributed by atoms with Gasteiger partial charge in [0.15, 0.2) is 15.5 Å². The van der Waals surface area contributed by atoms with E-state index >= 15 is 0 Å². The molecule has 2 aliphatic carbocycles. The monoisotopic (exact) mass is 686 g/mol. The van der Waals surface area contributed by atoms with E-state index in [0.29, 0.717) is 28.8 Å². The Morgan fingerprint density at radius 3 is 2.23 bits per heavy atom. The van der Waals surface area contributed by atoms with E-state index in [-0.39, 0.29) is 35.6 Å². The van der Waals surface area contributed by atoms with Gasteiger partial charge in [-0.3, -0.25) is 28.9 Å². The van der Waals surface area contributed by atoms with Gasteiger partial charge in [0, 0.05) is 17.0 Å². The number of ketones is 1. The van der Waals surface area contributed by atoms with E-state index in [1.165, 1.54) is 31.2 Å². The van der Waals surface area contributed by atoms with Gasteiger partial charge in [0.25, 0.3) is 11.8 Å². The van der Waals surface area contributed by atoms with Gasteiger partial charge in [0.2, 0.25) is 11.8 Å². The standard InChI is InChI=1S/C37H29Cl2FN2O6/c1-3-5-21-6-4-7-27(31(21)44)30-25-16-17-26-29(33(46)41(32(26)45)23-12-8-20(9-13-23)19(2)43)28(25)18-36(38)34(47)42(35(48)37(30,36)39)24-14-10-22(40)11-15-24/h3-4,6-16,26,28-30,44H,1,5,17-18H2,2H3/t26-,28+,29-,30+,36+,37-/m0/s1. The van der Waals surface area contributed by atoms with Gasteiger partial charge < -0.3 is 5.11 Å². The second kappa shape index (κ2) is 11.2. The topological polar surface area (TPSA) is 112 Å². The summed E-state index contributed by atoms with van der Waals surface area (Å²) in [7, 11) is 0. The maximum absolute atomic E-state index is 14.5. The number of phenols is 1. The molecule has 244 valence electrons. The van der Waals surface area contributed by atoms with Gasteiger partial charge >= 0.3 is 0 Å². The molecule has 2 aliphatic heterocycles. The van der Waals surface area contributed by atoms with Gasteiger partial charge in [0.1, 0.15) is 11.6 Å².